The number of nitrogens with two attached hydrogens (primary N) is 1. The molecule has 168 valence electrons. The SMILES string of the molecule is Nc1nn2cc(-c3ccnc(N4CCC(N5CCCC5)CC4)c3)cnc2c1-c1ccccn1. The molecule has 6 rings (SSSR count). The molecule has 0 spiro atoms. The summed E-state index contributed by atoms with van der Waals surface area (Å²) in [5.41, 5.74) is 10.5. The van der Waals surface area contributed by atoms with Gasteiger partial charge in [-0.15, -0.1) is 5.10 Å². The van der Waals surface area contributed by atoms with E-state index in [1.807, 2.05) is 42.9 Å². The van der Waals surface area contributed by atoms with E-state index in [0.717, 1.165) is 47.3 Å². The van der Waals surface area contributed by atoms with Crippen LogP contribution in [0, 0.1) is 0 Å². The van der Waals surface area contributed by atoms with Gasteiger partial charge in [-0.1, -0.05) is 6.07 Å². The predicted octanol–water partition coefficient (Wildman–Crippen LogP) is 3.50. The van der Waals surface area contributed by atoms with Crippen LogP contribution < -0.4 is 10.6 Å². The van der Waals surface area contributed by atoms with Crippen LogP contribution in [0.25, 0.3) is 28.0 Å². The number of fused-ring (bicyclic) bond motifs is 1. The monoisotopic (exact) mass is 440 g/mol. The summed E-state index contributed by atoms with van der Waals surface area (Å²) in [6.45, 7) is 4.65. The van der Waals surface area contributed by atoms with Gasteiger partial charge in [-0.25, -0.2) is 14.5 Å². The Hall–Kier alpha value is -3.52. The quantitative estimate of drug-likeness (QED) is 0.520. The lowest BCUT2D eigenvalue weighted by molar-refractivity contribution is 0.207. The average Bonchev–Trinajstić information content (AvgIpc) is 3.52. The summed E-state index contributed by atoms with van der Waals surface area (Å²) in [6.07, 6.45) is 12.6. The number of nitrogen functional groups attached to an aromatic ring is 1. The van der Waals surface area contributed by atoms with Crippen molar-refractivity contribution in [1.82, 2.24) is 29.5 Å². The lowest BCUT2D eigenvalue weighted by atomic mass is 10.0. The summed E-state index contributed by atoms with van der Waals surface area (Å²) in [5.74, 6) is 1.45. The number of piperidine rings is 1. The van der Waals surface area contributed by atoms with E-state index in [1.165, 1.54) is 38.8 Å². The molecule has 6 heterocycles. The number of anilines is 2. The van der Waals surface area contributed by atoms with Crippen molar-refractivity contribution in [3.8, 4) is 22.4 Å². The smallest absolute Gasteiger partial charge is 0.166 e. The van der Waals surface area contributed by atoms with Gasteiger partial charge in [0.2, 0.25) is 0 Å². The molecule has 0 radical (unpaired) electrons. The summed E-state index contributed by atoms with van der Waals surface area (Å²) in [6, 6.07) is 10.7. The number of pyridine rings is 2. The fourth-order valence-corrected chi connectivity index (χ4v) is 5.20. The van der Waals surface area contributed by atoms with E-state index in [4.69, 9.17) is 10.7 Å². The number of aromatic nitrogens is 5. The van der Waals surface area contributed by atoms with Crippen LogP contribution in [-0.4, -0.2) is 61.7 Å². The lowest BCUT2D eigenvalue weighted by Gasteiger charge is -2.37. The molecule has 2 fully saturated rings. The Kier molecular flexibility index (Phi) is 5.14. The van der Waals surface area contributed by atoms with E-state index in [9.17, 15) is 0 Å². The molecule has 0 amide bonds. The minimum absolute atomic E-state index is 0.426. The largest absolute Gasteiger partial charge is 0.382 e. The summed E-state index contributed by atoms with van der Waals surface area (Å²) in [5, 5.41) is 4.50. The second-order valence-corrected chi connectivity index (χ2v) is 8.95. The standard InChI is InChI=1S/C25H28N8/c26-24-23(21-5-1-2-9-27-21)25-29-16-19(17-33(25)30-24)18-6-10-28-22(15-18)32-13-7-20(8-14-32)31-11-3-4-12-31/h1-2,5-6,9-10,15-17,20H,3-4,7-8,11-14H2,(H2,26,30). The van der Waals surface area contributed by atoms with Gasteiger partial charge in [-0.2, -0.15) is 0 Å². The maximum absolute atomic E-state index is 6.22. The molecule has 0 unspecified atom stereocenters. The van der Waals surface area contributed by atoms with Gasteiger partial charge in [0.05, 0.1) is 11.3 Å². The lowest BCUT2D eigenvalue weighted by Crippen LogP contribution is -2.44. The molecule has 2 aliphatic rings. The molecule has 33 heavy (non-hydrogen) atoms. The van der Waals surface area contributed by atoms with E-state index in [2.05, 4.69) is 30.9 Å². The fourth-order valence-electron chi connectivity index (χ4n) is 5.20. The van der Waals surface area contributed by atoms with Gasteiger partial charge in [-0.3, -0.25) is 4.98 Å². The summed E-state index contributed by atoms with van der Waals surface area (Å²) in [7, 11) is 0. The van der Waals surface area contributed by atoms with Crippen LogP contribution in [0.2, 0.25) is 0 Å². The topological polar surface area (TPSA) is 88.5 Å². The van der Waals surface area contributed by atoms with Gasteiger partial charge in [0.25, 0.3) is 0 Å². The third-order valence-electron chi connectivity index (χ3n) is 6.94. The number of nitrogens with zero attached hydrogens (tertiary/aromatic N) is 7. The number of hydrogen-bond donors (Lipinski definition) is 1. The minimum Gasteiger partial charge on any atom is -0.382 e. The first-order valence-electron chi connectivity index (χ1n) is 11.8. The van der Waals surface area contributed by atoms with Crippen molar-refractivity contribution < 1.29 is 0 Å². The summed E-state index contributed by atoms with van der Waals surface area (Å²) < 4.78 is 1.75. The molecular weight excluding hydrogens is 412 g/mol. The van der Waals surface area contributed by atoms with Gasteiger partial charge in [0.15, 0.2) is 11.5 Å². The molecule has 4 aromatic heterocycles. The molecule has 0 aromatic carbocycles. The zero-order valence-corrected chi connectivity index (χ0v) is 18.6. The van der Waals surface area contributed by atoms with E-state index in [-0.39, 0.29) is 0 Å². The molecule has 2 aliphatic heterocycles. The Morgan fingerprint density at radius 3 is 2.52 bits per heavy atom. The highest BCUT2D eigenvalue weighted by Crippen LogP contribution is 2.30. The van der Waals surface area contributed by atoms with Crippen LogP contribution in [0.15, 0.2) is 55.1 Å². The fraction of sp³-hybridized carbons (Fsp3) is 0.360. The van der Waals surface area contributed by atoms with Crippen LogP contribution in [-0.2, 0) is 0 Å². The minimum atomic E-state index is 0.426. The maximum Gasteiger partial charge on any atom is 0.166 e. The Bertz CT molecular complexity index is 1250. The number of likely N-dealkylation sites (tertiary alicyclic amines) is 1. The normalized spacial score (nSPS) is 17.8. The number of hydrogen-bond acceptors (Lipinski definition) is 7. The zero-order chi connectivity index (χ0) is 22.2. The van der Waals surface area contributed by atoms with Crippen molar-refractivity contribution in [1.29, 1.82) is 0 Å². The average molecular weight is 441 g/mol. The maximum atomic E-state index is 6.22. The van der Waals surface area contributed by atoms with Crippen molar-refractivity contribution >= 4 is 17.3 Å². The Balaban J connectivity index is 1.25. The van der Waals surface area contributed by atoms with Crippen molar-refractivity contribution in [2.75, 3.05) is 36.8 Å². The third kappa shape index (κ3) is 3.80. The molecule has 0 aliphatic carbocycles. The second kappa shape index (κ2) is 8.44. The molecule has 8 nitrogen and oxygen atoms in total. The molecule has 2 saturated heterocycles. The van der Waals surface area contributed by atoms with Crippen LogP contribution in [0.3, 0.4) is 0 Å². The first-order chi connectivity index (χ1) is 16.3. The Morgan fingerprint density at radius 1 is 0.879 bits per heavy atom. The van der Waals surface area contributed by atoms with Crippen molar-refractivity contribution in [3.05, 3.63) is 55.1 Å². The van der Waals surface area contributed by atoms with Crippen LogP contribution in [0.5, 0.6) is 0 Å². The molecular formula is C25H28N8. The Labute approximate surface area is 193 Å². The van der Waals surface area contributed by atoms with Crippen molar-refractivity contribution in [2.45, 2.75) is 31.7 Å². The van der Waals surface area contributed by atoms with Gasteiger partial charge in [0.1, 0.15) is 5.82 Å². The van der Waals surface area contributed by atoms with Gasteiger partial charge in [0, 0.05) is 49.5 Å². The molecule has 2 N–H and O–H groups in total. The first kappa shape index (κ1) is 20.1. The van der Waals surface area contributed by atoms with E-state index in [0.29, 0.717) is 11.5 Å². The van der Waals surface area contributed by atoms with Gasteiger partial charge < -0.3 is 15.5 Å². The highest BCUT2D eigenvalue weighted by atomic mass is 15.3. The van der Waals surface area contributed by atoms with E-state index >= 15 is 0 Å². The molecule has 8 heteroatoms. The molecule has 0 saturated carbocycles. The molecule has 0 bridgehead atoms. The van der Waals surface area contributed by atoms with Crippen molar-refractivity contribution in [2.24, 2.45) is 0 Å². The molecule has 0 atom stereocenters. The zero-order valence-electron chi connectivity index (χ0n) is 18.6. The summed E-state index contributed by atoms with van der Waals surface area (Å²) >= 11 is 0. The first-order valence-corrected chi connectivity index (χ1v) is 11.8. The molecule has 4 aromatic rings. The predicted molar refractivity (Wildman–Crippen MR) is 130 cm³/mol. The van der Waals surface area contributed by atoms with E-state index < -0.39 is 0 Å². The van der Waals surface area contributed by atoms with Gasteiger partial charge in [-0.05, 0) is 68.6 Å². The van der Waals surface area contributed by atoms with E-state index in [1.54, 1.807) is 10.7 Å². The summed E-state index contributed by atoms with van der Waals surface area (Å²) in [4.78, 5) is 18.9. The highest BCUT2D eigenvalue weighted by molar-refractivity contribution is 5.84. The van der Waals surface area contributed by atoms with Crippen molar-refractivity contribution in [3.63, 3.8) is 0 Å². The van der Waals surface area contributed by atoms with Crippen LogP contribution >= 0.6 is 0 Å². The Morgan fingerprint density at radius 2 is 1.73 bits per heavy atom. The third-order valence-corrected chi connectivity index (χ3v) is 6.94. The van der Waals surface area contributed by atoms with Gasteiger partial charge >= 0.3 is 0 Å². The number of rotatable bonds is 4. The van der Waals surface area contributed by atoms with Crippen LogP contribution in [0.1, 0.15) is 25.7 Å². The highest BCUT2D eigenvalue weighted by Gasteiger charge is 2.27. The van der Waals surface area contributed by atoms with Crippen LogP contribution in [0.4, 0.5) is 11.6 Å². The second-order valence-electron chi connectivity index (χ2n) is 8.95.